The van der Waals surface area contributed by atoms with E-state index in [9.17, 15) is 4.79 Å². The van der Waals surface area contributed by atoms with Crippen molar-refractivity contribution in [3.8, 4) is 5.75 Å². The number of halogens is 1. The Kier molecular flexibility index (Phi) is 2.10. The highest BCUT2D eigenvalue weighted by atomic mass is 35.5. The van der Waals surface area contributed by atoms with E-state index < -0.39 is 0 Å². The first-order valence-electron chi connectivity index (χ1n) is 4.00. The molecule has 0 aromatic heterocycles. The second-order valence-electron chi connectivity index (χ2n) is 2.79. The summed E-state index contributed by atoms with van der Waals surface area (Å²) in [6.07, 6.45) is 0.381. The van der Waals surface area contributed by atoms with Gasteiger partial charge in [0.1, 0.15) is 0 Å². The van der Waals surface area contributed by atoms with E-state index in [0.29, 0.717) is 23.7 Å². The SMILES string of the molecule is O=C1CCNc2cc(Cl)ccc2O1. The van der Waals surface area contributed by atoms with Crippen LogP contribution in [0, 0.1) is 0 Å². The smallest absolute Gasteiger partial charge is 0.313 e. The zero-order chi connectivity index (χ0) is 9.26. The molecule has 0 bridgehead atoms. The number of carbonyl (C=O) groups excluding carboxylic acids is 1. The van der Waals surface area contributed by atoms with E-state index in [1.807, 2.05) is 0 Å². The molecule has 1 aromatic rings. The molecular formula is C9H8ClNO2. The molecule has 0 radical (unpaired) electrons. The van der Waals surface area contributed by atoms with Crippen molar-refractivity contribution in [1.29, 1.82) is 0 Å². The third-order valence-electron chi connectivity index (χ3n) is 1.81. The van der Waals surface area contributed by atoms with Crippen molar-refractivity contribution in [1.82, 2.24) is 0 Å². The van der Waals surface area contributed by atoms with Gasteiger partial charge < -0.3 is 10.1 Å². The highest BCUT2D eigenvalue weighted by Crippen LogP contribution is 2.29. The summed E-state index contributed by atoms with van der Waals surface area (Å²) in [5.41, 5.74) is 0.776. The summed E-state index contributed by atoms with van der Waals surface area (Å²) in [5.74, 6) is 0.334. The molecule has 0 saturated heterocycles. The first-order chi connectivity index (χ1) is 6.25. The zero-order valence-corrected chi connectivity index (χ0v) is 7.60. The Bertz CT molecular complexity index is 351. The Morgan fingerprint density at radius 2 is 2.31 bits per heavy atom. The standard InChI is InChI=1S/C9H8ClNO2/c10-6-1-2-8-7(5-6)11-4-3-9(12)13-8/h1-2,5,11H,3-4H2. The fourth-order valence-corrected chi connectivity index (χ4v) is 1.37. The number of anilines is 1. The molecule has 1 N–H and O–H groups in total. The fourth-order valence-electron chi connectivity index (χ4n) is 1.20. The lowest BCUT2D eigenvalue weighted by molar-refractivity contribution is -0.133. The van der Waals surface area contributed by atoms with Crippen molar-refractivity contribution in [2.45, 2.75) is 6.42 Å². The van der Waals surface area contributed by atoms with Crippen LogP contribution < -0.4 is 10.1 Å². The fraction of sp³-hybridized carbons (Fsp3) is 0.222. The zero-order valence-electron chi connectivity index (χ0n) is 6.84. The van der Waals surface area contributed by atoms with Crippen LogP contribution in [0.25, 0.3) is 0 Å². The molecule has 0 aliphatic carbocycles. The molecule has 68 valence electrons. The molecule has 0 saturated carbocycles. The van der Waals surface area contributed by atoms with Crippen LogP contribution in [0.4, 0.5) is 5.69 Å². The predicted molar refractivity (Wildman–Crippen MR) is 50.2 cm³/mol. The van der Waals surface area contributed by atoms with E-state index >= 15 is 0 Å². The van der Waals surface area contributed by atoms with Crippen molar-refractivity contribution in [3.63, 3.8) is 0 Å². The number of hydrogen-bond donors (Lipinski definition) is 1. The van der Waals surface area contributed by atoms with Gasteiger partial charge in [0, 0.05) is 11.6 Å². The maximum absolute atomic E-state index is 11.0. The van der Waals surface area contributed by atoms with E-state index in [2.05, 4.69) is 5.32 Å². The first kappa shape index (κ1) is 8.38. The van der Waals surface area contributed by atoms with Crippen LogP contribution in [0.5, 0.6) is 5.75 Å². The Hall–Kier alpha value is -1.22. The number of carbonyl (C=O) groups is 1. The lowest BCUT2D eigenvalue weighted by atomic mass is 10.3. The van der Waals surface area contributed by atoms with Gasteiger partial charge in [-0.05, 0) is 18.2 Å². The minimum atomic E-state index is -0.214. The molecule has 13 heavy (non-hydrogen) atoms. The molecule has 0 unspecified atom stereocenters. The number of fused-ring (bicyclic) bond motifs is 1. The molecule has 1 heterocycles. The van der Waals surface area contributed by atoms with Crippen molar-refractivity contribution in [3.05, 3.63) is 23.2 Å². The first-order valence-corrected chi connectivity index (χ1v) is 4.37. The van der Waals surface area contributed by atoms with Crippen LogP contribution in [0.2, 0.25) is 5.02 Å². The topological polar surface area (TPSA) is 38.3 Å². The van der Waals surface area contributed by atoms with Crippen LogP contribution >= 0.6 is 11.6 Å². The van der Waals surface area contributed by atoms with Gasteiger partial charge in [-0.3, -0.25) is 4.79 Å². The molecule has 4 heteroatoms. The van der Waals surface area contributed by atoms with Gasteiger partial charge in [0.2, 0.25) is 0 Å². The van der Waals surface area contributed by atoms with Crippen LogP contribution in [-0.4, -0.2) is 12.5 Å². The number of benzene rings is 1. The maximum Gasteiger partial charge on any atom is 0.313 e. The molecule has 1 aliphatic heterocycles. The molecule has 0 atom stereocenters. The van der Waals surface area contributed by atoms with Gasteiger partial charge in [-0.1, -0.05) is 11.6 Å². The van der Waals surface area contributed by atoms with Crippen molar-refractivity contribution < 1.29 is 9.53 Å². The van der Waals surface area contributed by atoms with Gasteiger partial charge in [-0.25, -0.2) is 0 Å². The maximum atomic E-state index is 11.0. The van der Waals surface area contributed by atoms with Gasteiger partial charge in [0.15, 0.2) is 5.75 Å². The summed E-state index contributed by atoms with van der Waals surface area (Å²) in [6.45, 7) is 0.589. The molecule has 3 nitrogen and oxygen atoms in total. The minimum Gasteiger partial charge on any atom is -0.424 e. The summed E-state index contributed by atoms with van der Waals surface area (Å²) in [7, 11) is 0. The van der Waals surface area contributed by atoms with Crippen molar-refractivity contribution in [2.24, 2.45) is 0 Å². The van der Waals surface area contributed by atoms with Crippen LogP contribution in [0.15, 0.2) is 18.2 Å². The molecule has 0 fully saturated rings. The number of hydrogen-bond acceptors (Lipinski definition) is 3. The Morgan fingerprint density at radius 3 is 3.15 bits per heavy atom. The van der Waals surface area contributed by atoms with Gasteiger partial charge in [0.05, 0.1) is 12.1 Å². The van der Waals surface area contributed by atoms with Gasteiger partial charge >= 0.3 is 5.97 Å². The molecule has 1 aromatic carbocycles. The van der Waals surface area contributed by atoms with Gasteiger partial charge in [-0.15, -0.1) is 0 Å². The summed E-state index contributed by atoms with van der Waals surface area (Å²) in [6, 6.07) is 5.13. The highest BCUT2D eigenvalue weighted by molar-refractivity contribution is 6.30. The molecule has 0 amide bonds. The number of esters is 1. The second kappa shape index (κ2) is 3.26. The van der Waals surface area contributed by atoms with Crippen molar-refractivity contribution >= 4 is 23.3 Å². The number of nitrogens with one attached hydrogen (secondary N) is 1. The lowest BCUT2D eigenvalue weighted by Crippen LogP contribution is -2.08. The summed E-state index contributed by atoms with van der Waals surface area (Å²) in [4.78, 5) is 11.0. The average molecular weight is 198 g/mol. The quantitative estimate of drug-likeness (QED) is 0.511. The van der Waals surface area contributed by atoms with E-state index in [1.165, 1.54) is 0 Å². The Balaban J connectivity index is 2.40. The van der Waals surface area contributed by atoms with E-state index in [4.69, 9.17) is 16.3 Å². The summed E-state index contributed by atoms with van der Waals surface area (Å²) >= 11 is 5.79. The molecule has 0 spiro atoms. The number of ether oxygens (including phenoxy) is 1. The van der Waals surface area contributed by atoms with Crippen LogP contribution in [0.1, 0.15) is 6.42 Å². The second-order valence-corrected chi connectivity index (χ2v) is 3.23. The number of rotatable bonds is 0. The predicted octanol–water partition coefficient (Wildman–Crippen LogP) is 2.06. The lowest BCUT2D eigenvalue weighted by Gasteiger charge is -2.05. The monoisotopic (exact) mass is 197 g/mol. The summed E-state index contributed by atoms with van der Waals surface area (Å²) < 4.78 is 5.05. The Labute approximate surface area is 80.6 Å². The van der Waals surface area contributed by atoms with E-state index in [-0.39, 0.29) is 5.97 Å². The molecular weight excluding hydrogens is 190 g/mol. The molecule has 2 rings (SSSR count). The third-order valence-corrected chi connectivity index (χ3v) is 2.05. The normalized spacial score (nSPS) is 15.3. The summed E-state index contributed by atoms with van der Waals surface area (Å²) in [5, 5.41) is 3.69. The Morgan fingerprint density at radius 1 is 1.46 bits per heavy atom. The van der Waals surface area contributed by atoms with E-state index in [1.54, 1.807) is 18.2 Å². The van der Waals surface area contributed by atoms with Gasteiger partial charge in [-0.2, -0.15) is 0 Å². The van der Waals surface area contributed by atoms with E-state index in [0.717, 1.165) is 5.69 Å². The largest absolute Gasteiger partial charge is 0.424 e. The molecule has 1 aliphatic rings. The van der Waals surface area contributed by atoms with Crippen LogP contribution in [-0.2, 0) is 4.79 Å². The van der Waals surface area contributed by atoms with Crippen molar-refractivity contribution in [2.75, 3.05) is 11.9 Å². The third kappa shape index (κ3) is 1.75. The van der Waals surface area contributed by atoms with Crippen LogP contribution in [0.3, 0.4) is 0 Å². The highest BCUT2D eigenvalue weighted by Gasteiger charge is 2.13. The minimum absolute atomic E-state index is 0.214. The average Bonchev–Trinajstić information content (AvgIpc) is 2.25. The van der Waals surface area contributed by atoms with Gasteiger partial charge in [0.25, 0.3) is 0 Å².